The van der Waals surface area contributed by atoms with Gasteiger partial charge in [0.1, 0.15) is 6.04 Å². The van der Waals surface area contributed by atoms with Gasteiger partial charge >= 0.3 is 5.97 Å². The van der Waals surface area contributed by atoms with Crippen LogP contribution in [0.25, 0.3) is 0 Å². The molecule has 0 radical (unpaired) electrons. The summed E-state index contributed by atoms with van der Waals surface area (Å²) in [7, 11) is 1.30. The summed E-state index contributed by atoms with van der Waals surface area (Å²) in [6, 6.07) is 5.92. The molecule has 2 amide bonds. The Morgan fingerprint density at radius 2 is 1.80 bits per heavy atom. The molecule has 0 aliphatic rings. The zero-order valence-corrected chi connectivity index (χ0v) is 15.6. The van der Waals surface area contributed by atoms with Gasteiger partial charge in [0.2, 0.25) is 5.91 Å². The van der Waals surface area contributed by atoms with Gasteiger partial charge in [-0.05, 0) is 43.0 Å². The number of benzene rings is 1. The molecule has 0 saturated heterocycles. The Morgan fingerprint density at radius 1 is 1.16 bits per heavy atom. The van der Waals surface area contributed by atoms with Crippen molar-refractivity contribution in [1.29, 1.82) is 0 Å². The van der Waals surface area contributed by atoms with Crippen LogP contribution in [0.3, 0.4) is 0 Å². The Morgan fingerprint density at radius 3 is 2.36 bits per heavy atom. The summed E-state index contributed by atoms with van der Waals surface area (Å²) in [5.41, 5.74) is 0.511. The average molecular weight is 369 g/mol. The molecular formula is C18H25ClN2O4. The number of esters is 1. The van der Waals surface area contributed by atoms with E-state index < -0.39 is 12.0 Å². The maximum absolute atomic E-state index is 12.0. The molecular weight excluding hydrogens is 344 g/mol. The lowest BCUT2D eigenvalue weighted by Crippen LogP contribution is -2.42. The van der Waals surface area contributed by atoms with Crippen LogP contribution in [0.4, 0.5) is 0 Å². The number of halogens is 1. The summed E-state index contributed by atoms with van der Waals surface area (Å²) in [5, 5.41) is 5.99. The van der Waals surface area contributed by atoms with Gasteiger partial charge in [-0.3, -0.25) is 9.59 Å². The van der Waals surface area contributed by atoms with Crippen LogP contribution in [0.5, 0.6) is 0 Å². The van der Waals surface area contributed by atoms with E-state index in [1.807, 2.05) is 13.8 Å². The molecule has 7 heteroatoms. The number of carbonyl (C=O) groups excluding carboxylic acids is 3. The van der Waals surface area contributed by atoms with E-state index in [1.54, 1.807) is 24.3 Å². The fourth-order valence-corrected chi connectivity index (χ4v) is 2.37. The van der Waals surface area contributed by atoms with Gasteiger partial charge in [0.25, 0.3) is 5.91 Å². The van der Waals surface area contributed by atoms with Crippen LogP contribution in [0.1, 0.15) is 43.5 Å². The summed E-state index contributed by atoms with van der Waals surface area (Å²) in [6.07, 6.45) is 1.21. The molecule has 0 spiro atoms. The summed E-state index contributed by atoms with van der Waals surface area (Å²) < 4.78 is 4.71. The van der Waals surface area contributed by atoms with E-state index >= 15 is 0 Å². The topological polar surface area (TPSA) is 84.5 Å². The molecule has 0 unspecified atom stereocenters. The smallest absolute Gasteiger partial charge is 0.328 e. The molecule has 0 heterocycles. The van der Waals surface area contributed by atoms with Crippen molar-refractivity contribution >= 4 is 29.4 Å². The van der Waals surface area contributed by atoms with E-state index in [2.05, 4.69) is 10.6 Å². The average Bonchev–Trinajstić information content (AvgIpc) is 2.57. The lowest BCUT2D eigenvalue weighted by molar-refractivity contribution is -0.145. The summed E-state index contributed by atoms with van der Waals surface area (Å²) in [6.45, 7) is 4.30. The van der Waals surface area contributed by atoms with Gasteiger partial charge in [0.15, 0.2) is 0 Å². The highest BCUT2D eigenvalue weighted by atomic mass is 35.5. The van der Waals surface area contributed by atoms with Crippen molar-refractivity contribution in [2.45, 2.75) is 39.2 Å². The van der Waals surface area contributed by atoms with Crippen LogP contribution >= 0.6 is 11.6 Å². The molecule has 1 atom stereocenters. The number of amides is 2. The van der Waals surface area contributed by atoms with E-state index in [0.29, 0.717) is 30.0 Å². The normalized spacial score (nSPS) is 11.7. The quantitative estimate of drug-likeness (QED) is 0.518. The molecule has 0 aromatic heterocycles. The highest BCUT2D eigenvalue weighted by Crippen LogP contribution is 2.09. The van der Waals surface area contributed by atoms with Crippen molar-refractivity contribution in [1.82, 2.24) is 10.6 Å². The highest BCUT2D eigenvalue weighted by molar-refractivity contribution is 6.30. The van der Waals surface area contributed by atoms with Crippen LogP contribution in [0.2, 0.25) is 5.02 Å². The molecule has 0 saturated carbocycles. The van der Waals surface area contributed by atoms with Gasteiger partial charge in [-0.15, -0.1) is 0 Å². The van der Waals surface area contributed by atoms with Gasteiger partial charge in [-0.1, -0.05) is 25.4 Å². The molecule has 1 aromatic rings. The minimum Gasteiger partial charge on any atom is -0.467 e. The predicted octanol–water partition coefficient (Wildman–Crippen LogP) is 2.55. The summed E-state index contributed by atoms with van der Waals surface area (Å²) in [4.78, 5) is 35.6. The molecule has 0 aliphatic heterocycles. The third kappa shape index (κ3) is 8.03. The minimum atomic E-state index is -0.638. The van der Waals surface area contributed by atoms with Gasteiger partial charge in [-0.25, -0.2) is 4.79 Å². The van der Waals surface area contributed by atoms with E-state index in [-0.39, 0.29) is 24.2 Å². The maximum atomic E-state index is 12.0. The zero-order valence-electron chi connectivity index (χ0n) is 14.8. The Bertz CT molecular complexity index is 587. The van der Waals surface area contributed by atoms with Gasteiger partial charge in [-0.2, -0.15) is 0 Å². The zero-order chi connectivity index (χ0) is 18.8. The van der Waals surface area contributed by atoms with Crippen LogP contribution in [-0.4, -0.2) is 37.5 Å². The number of carbonyl (C=O) groups is 3. The van der Waals surface area contributed by atoms with Crippen LogP contribution in [-0.2, 0) is 14.3 Å². The minimum absolute atomic E-state index is 0.215. The standard InChI is InChI=1S/C18H25ClN2O4/c1-12(2)11-15(18(24)25-3)21-16(22)5-4-10-20-17(23)13-6-8-14(19)9-7-13/h6-9,12,15H,4-5,10-11H2,1-3H3,(H,20,23)(H,21,22)/t15-/m0/s1. The van der Waals surface area contributed by atoms with Gasteiger partial charge in [0, 0.05) is 23.6 Å². The first-order chi connectivity index (χ1) is 11.8. The molecule has 2 N–H and O–H groups in total. The van der Waals surface area contributed by atoms with E-state index in [1.165, 1.54) is 7.11 Å². The van der Waals surface area contributed by atoms with Crippen LogP contribution in [0, 0.1) is 5.92 Å². The predicted molar refractivity (Wildman–Crippen MR) is 96.4 cm³/mol. The second kappa shape index (κ2) is 10.7. The second-order valence-electron chi connectivity index (χ2n) is 6.14. The number of hydrogen-bond acceptors (Lipinski definition) is 4. The van der Waals surface area contributed by atoms with Gasteiger partial charge in [0.05, 0.1) is 7.11 Å². The molecule has 1 rings (SSSR count). The number of ether oxygens (including phenoxy) is 1. The fraction of sp³-hybridized carbons (Fsp3) is 0.500. The summed E-state index contributed by atoms with van der Waals surface area (Å²) in [5.74, 6) is -0.651. The lowest BCUT2D eigenvalue weighted by atomic mass is 10.0. The molecule has 25 heavy (non-hydrogen) atoms. The van der Waals surface area contributed by atoms with Crippen molar-refractivity contribution in [3.8, 4) is 0 Å². The van der Waals surface area contributed by atoms with Crippen LogP contribution in [0.15, 0.2) is 24.3 Å². The van der Waals surface area contributed by atoms with Crippen molar-refractivity contribution < 1.29 is 19.1 Å². The Labute approximate surface area is 153 Å². The van der Waals surface area contributed by atoms with Crippen molar-refractivity contribution in [3.05, 3.63) is 34.9 Å². The monoisotopic (exact) mass is 368 g/mol. The fourth-order valence-electron chi connectivity index (χ4n) is 2.25. The third-order valence-electron chi connectivity index (χ3n) is 3.50. The first-order valence-corrected chi connectivity index (χ1v) is 8.62. The van der Waals surface area contributed by atoms with Crippen molar-refractivity contribution in [3.63, 3.8) is 0 Å². The first kappa shape index (κ1) is 21.0. The molecule has 6 nitrogen and oxygen atoms in total. The van der Waals surface area contributed by atoms with E-state index in [0.717, 1.165) is 0 Å². The Hall–Kier alpha value is -2.08. The number of rotatable bonds is 9. The summed E-state index contributed by atoms with van der Waals surface area (Å²) >= 11 is 5.77. The number of nitrogens with one attached hydrogen (secondary N) is 2. The molecule has 0 aliphatic carbocycles. The lowest BCUT2D eigenvalue weighted by Gasteiger charge is -2.18. The van der Waals surface area contributed by atoms with E-state index in [4.69, 9.17) is 16.3 Å². The van der Waals surface area contributed by atoms with Crippen LogP contribution < -0.4 is 10.6 Å². The van der Waals surface area contributed by atoms with Crippen molar-refractivity contribution in [2.24, 2.45) is 5.92 Å². The van der Waals surface area contributed by atoms with Gasteiger partial charge < -0.3 is 15.4 Å². The van der Waals surface area contributed by atoms with E-state index in [9.17, 15) is 14.4 Å². The first-order valence-electron chi connectivity index (χ1n) is 8.24. The Kier molecular flexibility index (Phi) is 8.99. The molecule has 138 valence electrons. The van der Waals surface area contributed by atoms with Crippen molar-refractivity contribution in [2.75, 3.05) is 13.7 Å². The Balaban J connectivity index is 2.34. The number of hydrogen-bond donors (Lipinski definition) is 2. The number of methoxy groups -OCH3 is 1. The SMILES string of the molecule is COC(=O)[C@H](CC(C)C)NC(=O)CCCNC(=O)c1ccc(Cl)cc1. The molecule has 0 fully saturated rings. The third-order valence-corrected chi connectivity index (χ3v) is 3.75. The molecule has 1 aromatic carbocycles. The molecule has 0 bridgehead atoms. The second-order valence-corrected chi connectivity index (χ2v) is 6.58. The highest BCUT2D eigenvalue weighted by Gasteiger charge is 2.22. The largest absolute Gasteiger partial charge is 0.467 e. The maximum Gasteiger partial charge on any atom is 0.328 e.